The lowest BCUT2D eigenvalue weighted by atomic mass is 10.2. The van der Waals surface area contributed by atoms with Crippen LogP contribution in [0.4, 0.5) is 17.2 Å². The fourth-order valence-corrected chi connectivity index (χ4v) is 2.45. The fraction of sp³-hybridized carbons (Fsp3) is 0.118. The molecule has 0 radical (unpaired) electrons. The molecule has 1 aromatic heterocycles. The Morgan fingerprint density at radius 3 is 2.35 bits per heavy atom. The van der Waals surface area contributed by atoms with E-state index in [1.54, 1.807) is 11.6 Å². The number of benzene rings is 2. The topological polar surface area (TPSA) is 73.0 Å². The minimum atomic E-state index is -0.400. The summed E-state index contributed by atoms with van der Waals surface area (Å²) in [6.07, 6.45) is 0. The van der Waals surface area contributed by atoms with E-state index in [0.29, 0.717) is 11.5 Å². The SMILES string of the molecule is Cc1ccccc1Nc1c([N+](=O)[O-])c(C)nn1-c1ccccc1. The van der Waals surface area contributed by atoms with Crippen LogP contribution in [0.1, 0.15) is 11.3 Å². The zero-order valence-corrected chi connectivity index (χ0v) is 12.9. The maximum atomic E-state index is 11.5. The largest absolute Gasteiger partial charge is 0.334 e. The molecule has 0 amide bonds. The molecule has 1 N–H and O–H groups in total. The van der Waals surface area contributed by atoms with E-state index in [0.717, 1.165) is 16.9 Å². The highest BCUT2D eigenvalue weighted by Gasteiger charge is 2.26. The van der Waals surface area contributed by atoms with Crippen molar-refractivity contribution in [3.05, 3.63) is 76.0 Å². The Hall–Kier alpha value is -3.15. The number of para-hydroxylation sites is 2. The zero-order valence-electron chi connectivity index (χ0n) is 12.9. The minimum absolute atomic E-state index is 0.0166. The molecule has 0 unspecified atom stereocenters. The number of nitrogens with one attached hydrogen (secondary N) is 1. The summed E-state index contributed by atoms with van der Waals surface area (Å²) in [5, 5.41) is 19.0. The normalized spacial score (nSPS) is 10.5. The van der Waals surface area contributed by atoms with Crippen LogP contribution >= 0.6 is 0 Å². The number of nitro groups is 1. The summed E-state index contributed by atoms with van der Waals surface area (Å²) in [7, 11) is 0. The maximum absolute atomic E-state index is 11.5. The van der Waals surface area contributed by atoms with Crippen molar-refractivity contribution in [2.24, 2.45) is 0 Å². The molecule has 2 aromatic carbocycles. The Bertz CT molecular complexity index is 856. The van der Waals surface area contributed by atoms with Crippen molar-refractivity contribution in [2.45, 2.75) is 13.8 Å². The molecule has 1 heterocycles. The van der Waals surface area contributed by atoms with E-state index in [-0.39, 0.29) is 5.69 Å². The Morgan fingerprint density at radius 1 is 1.04 bits per heavy atom. The summed E-state index contributed by atoms with van der Waals surface area (Å²) in [5.41, 5.74) is 2.93. The average molecular weight is 308 g/mol. The molecular weight excluding hydrogens is 292 g/mol. The summed E-state index contributed by atoms with van der Waals surface area (Å²) < 4.78 is 1.57. The number of nitrogens with zero attached hydrogens (tertiary/aromatic N) is 3. The van der Waals surface area contributed by atoms with E-state index in [2.05, 4.69) is 10.4 Å². The molecule has 0 bridgehead atoms. The van der Waals surface area contributed by atoms with Gasteiger partial charge in [0.1, 0.15) is 5.69 Å². The first-order valence-electron chi connectivity index (χ1n) is 7.20. The Kier molecular flexibility index (Phi) is 3.80. The Balaban J connectivity index is 2.17. The van der Waals surface area contributed by atoms with Gasteiger partial charge in [0.2, 0.25) is 5.82 Å². The highest BCUT2D eigenvalue weighted by atomic mass is 16.6. The van der Waals surface area contributed by atoms with E-state index in [9.17, 15) is 10.1 Å². The molecule has 0 fully saturated rings. The summed E-state index contributed by atoms with van der Waals surface area (Å²) in [6.45, 7) is 3.59. The zero-order chi connectivity index (χ0) is 16.4. The van der Waals surface area contributed by atoms with Gasteiger partial charge in [-0.15, -0.1) is 0 Å². The first kappa shape index (κ1) is 14.8. The van der Waals surface area contributed by atoms with Crippen molar-refractivity contribution in [1.82, 2.24) is 9.78 Å². The van der Waals surface area contributed by atoms with Crippen LogP contribution in [-0.2, 0) is 0 Å². The molecule has 6 heteroatoms. The maximum Gasteiger partial charge on any atom is 0.334 e. The highest BCUT2D eigenvalue weighted by Crippen LogP contribution is 2.33. The molecule has 3 aromatic rings. The van der Waals surface area contributed by atoms with Gasteiger partial charge in [-0.25, -0.2) is 4.68 Å². The van der Waals surface area contributed by atoms with Crippen LogP contribution in [0.5, 0.6) is 0 Å². The molecule has 6 nitrogen and oxygen atoms in total. The van der Waals surface area contributed by atoms with Crippen LogP contribution in [0.3, 0.4) is 0 Å². The van der Waals surface area contributed by atoms with Gasteiger partial charge in [0.15, 0.2) is 0 Å². The van der Waals surface area contributed by atoms with Gasteiger partial charge in [-0.05, 0) is 37.6 Å². The summed E-state index contributed by atoms with van der Waals surface area (Å²) in [4.78, 5) is 11.1. The van der Waals surface area contributed by atoms with Crippen LogP contribution in [0.15, 0.2) is 54.6 Å². The van der Waals surface area contributed by atoms with E-state index >= 15 is 0 Å². The predicted octanol–water partition coefficient (Wildman–Crippen LogP) is 4.14. The molecule has 0 atom stereocenters. The van der Waals surface area contributed by atoms with Crippen LogP contribution < -0.4 is 5.32 Å². The lowest BCUT2D eigenvalue weighted by Crippen LogP contribution is -2.04. The highest BCUT2D eigenvalue weighted by molar-refractivity contribution is 5.71. The van der Waals surface area contributed by atoms with Crippen LogP contribution in [0.25, 0.3) is 5.69 Å². The Morgan fingerprint density at radius 2 is 1.70 bits per heavy atom. The smallest absolute Gasteiger partial charge is 0.334 e. The Labute approximate surface area is 133 Å². The fourth-order valence-electron chi connectivity index (χ4n) is 2.45. The average Bonchev–Trinajstić information content (AvgIpc) is 2.87. The van der Waals surface area contributed by atoms with Crippen LogP contribution in [0.2, 0.25) is 0 Å². The molecule has 0 aliphatic heterocycles. The third kappa shape index (κ3) is 2.78. The number of hydrogen-bond donors (Lipinski definition) is 1. The molecule has 23 heavy (non-hydrogen) atoms. The second-order valence-electron chi connectivity index (χ2n) is 5.23. The molecule has 0 spiro atoms. The first-order chi connectivity index (χ1) is 11.1. The summed E-state index contributed by atoms with van der Waals surface area (Å²) >= 11 is 0. The van der Waals surface area contributed by atoms with Gasteiger partial charge in [-0.1, -0.05) is 36.4 Å². The number of hydrogen-bond acceptors (Lipinski definition) is 4. The second-order valence-corrected chi connectivity index (χ2v) is 5.23. The van der Waals surface area contributed by atoms with Crippen molar-refractivity contribution in [2.75, 3.05) is 5.32 Å². The van der Waals surface area contributed by atoms with Crippen molar-refractivity contribution < 1.29 is 4.92 Å². The third-order valence-corrected chi connectivity index (χ3v) is 3.61. The lowest BCUT2D eigenvalue weighted by molar-refractivity contribution is -0.384. The van der Waals surface area contributed by atoms with E-state index in [1.807, 2.05) is 61.5 Å². The quantitative estimate of drug-likeness (QED) is 0.580. The molecule has 3 rings (SSSR count). The monoisotopic (exact) mass is 308 g/mol. The summed E-state index contributed by atoms with van der Waals surface area (Å²) in [6, 6.07) is 17.0. The molecular formula is C17H16N4O2. The number of rotatable bonds is 4. The predicted molar refractivity (Wildman–Crippen MR) is 89.4 cm³/mol. The minimum Gasteiger partial charge on any atom is -0.334 e. The van der Waals surface area contributed by atoms with E-state index < -0.39 is 4.92 Å². The molecule has 116 valence electrons. The summed E-state index contributed by atoms with van der Waals surface area (Å²) in [5.74, 6) is 0.355. The standard InChI is InChI=1S/C17H16N4O2/c1-12-8-6-7-11-15(12)18-17-16(21(22)23)13(2)19-20(17)14-9-4-3-5-10-14/h3-11,18H,1-2H3. The van der Waals surface area contributed by atoms with Crippen LogP contribution in [-0.4, -0.2) is 14.7 Å². The van der Waals surface area contributed by atoms with Crippen molar-refractivity contribution >= 4 is 17.2 Å². The van der Waals surface area contributed by atoms with Gasteiger partial charge < -0.3 is 5.32 Å². The van der Waals surface area contributed by atoms with Gasteiger partial charge in [0, 0.05) is 5.69 Å². The van der Waals surface area contributed by atoms with Crippen molar-refractivity contribution in [1.29, 1.82) is 0 Å². The lowest BCUT2D eigenvalue weighted by Gasteiger charge is -2.11. The number of aryl methyl sites for hydroxylation is 2. The molecule has 0 saturated heterocycles. The molecule has 0 aliphatic rings. The number of aromatic nitrogens is 2. The van der Waals surface area contributed by atoms with Gasteiger partial charge in [0.25, 0.3) is 0 Å². The van der Waals surface area contributed by atoms with Gasteiger partial charge in [-0.2, -0.15) is 5.10 Å². The molecule has 0 aliphatic carbocycles. The van der Waals surface area contributed by atoms with E-state index in [4.69, 9.17) is 0 Å². The number of anilines is 2. The van der Waals surface area contributed by atoms with Gasteiger partial charge in [-0.3, -0.25) is 10.1 Å². The van der Waals surface area contributed by atoms with Crippen molar-refractivity contribution in [3.63, 3.8) is 0 Å². The van der Waals surface area contributed by atoms with Crippen LogP contribution in [0, 0.1) is 24.0 Å². The third-order valence-electron chi connectivity index (χ3n) is 3.61. The van der Waals surface area contributed by atoms with Gasteiger partial charge in [0.05, 0.1) is 10.6 Å². The van der Waals surface area contributed by atoms with Crippen molar-refractivity contribution in [3.8, 4) is 5.69 Å². The second kappa shape index (κ2) is 5.92. The first-order valence-corrected chi connectivity index (χ1v) is 7.20. The molecule has 0 saturated carbocycles. The van der Waals surface area contributed by atoms with Gasteiger partial charge >= 0.3 is 5.69 Å². The van der Waals surface area contributed by atoms with E-state index in [1.165, 1.54) is 0 Å².